The molecule has 0 aliphatic rings. The predicted octanol–water partition coefficient (Wildman–Crippen LogP) is 1.73. The van der Waals surface area contributed by atoms with Crippen LogP contribution in [0.2, 0.25) is 0 Å². The fourth-order valence-corrected chi connectivity index (χ4v) is 1.68. The summed E-state index contributed by atoms with van der Waals surface area (Å²) in [4.78, 5) is 14.4. The Morgan fingerprint density at radius 1 is 1.47 bits per heavy atom. The third-order valence-electron chi connectivity index (χ3n) is 2.60. The van der Waals surface area contributed by atoms with E-state index in [1.165, 1.54) is 6.07 Å². The first-order chi connectivity index (χ1) is 8.09. The monoisotopic (exact) mass is 232 g/mol. The lowest BCUT2D eigenvalue weighted by Crippen LogP contribution is -2.08. The number of para-hydroxylation sites is 1. The molecule has 2 aromatic rings. The fraction of sp³-hybridized carbons (Fsp3) is 0.182. The van der Waals surface area contributed by atoms with Crippen molar-refractivity contribution in [2.75, 3.05) is 5.73 Å². The number of nitrogen functional groups attached to an aromatic ring is 1. The molecule has 0 aliphatic heterocycles. The summed E-state index contributed by atoms with van der Waals surface area (Å²) in [7, 11) is 0. The van der Waals surface area contributed by atoms with Gasteiger partial charge in [0.15, 0.2) is 0 Å². The lowest BCUT2D eigenvalue weighted by molar-refractivity contribution is -0.385. The van der Waals surface area contributed by atoms with E-state index in [1.807, 2.05) is 6.92 Å². The van der Waals surface area contributed by atoms with Crippen molar-refractivity contribution >= 4 is 11.6 Å². The van der Waals surface area contributed by atoms with Gasteiger partial charge in [-0.3, -0.25) is 10.1 Å². The summed E-state index contributed by atoms with van der Waals surface area (Å²) in [5.41, 5.74) is 7.29. The third-order valence-corrected chi connectivity index (χ3v) is 2.60. The van der Waals surface area contributed by atoms with Crippen LogP contribution in [0.3, 0.4) is 0 Å². The summed E-state index contributed by atoms with van der Waals surface area (Å²) in [6.07, 6.45) is 1.64. The Labute approximate surface area is 97.9 Å². The summed E-state index contributed by atoms with van der Waals surface area (Å²) < 4.78 is 1.74. The summed E-state index contributed by atoms with van der Waals surface area (Å²) >= 11 is 0. The standard InChI is InChI=1S/C11H12N4O2/c1-8-6-13-11(12)14(8)7-9-4-2-3-5-10(9)15(16)17/h2-6H,7H2,1H3,(H2,12,13). The highest BCUT2D eigenvalue weighted by Crippen LogP contribution is 2.20. The first-order valence-electron chi connectivity index (χ1n) is 5.09. The van der Waals surface area contributed by atoms with Crippen LogP contribution >= 0.6 is 0 Å². The normalized spacial score (nSPS) is 10.4. The van der Waals surface area contributed by atoms with Crippen LogP contribution in [0.1, 0.15) is 11.3 Å². The average molecular weight is 232 g/mol. The van der Waals surface area contributed by atoms with E-state index in [1.54, 1.807) is 29.0 Å². The number of nitro groups is 1. The minimum absolute atomic E-state index is 0.0972. The molecule has 2 N–H and O–H groups in total. The molecule has 0 fully saturated rings. The Bertz CT molecular complexity index is 543. The van der Waals surface area contributed by atoms with Gasteiger partial charge in [0.1, 0.15) is 0 Å². The second-order valence-corrected chi connectivity index (χ2v) is 3.73. The van der Waals surface area contributed by atoms with Gasteiger partial charge in [0.2, 0.25) is 5.95 Å². The van der Waals surface area contributed by atoms with Crippen LogP contribution < -0.4 is 5.73 Å². The predicted molar refractivity (Wildman–Crippen MR) is 63.6 cm³/mol. The van der Waals surface area contributed by atoms with E-state index in [2.05, 4.69) is 4.98 Å². The number of aromatic nitrogens is 2. The zero-order valence-corrected chi connectivity index (χ0v) is 9.33. The molecule has 88 valence electrons. The molecule has 17 heavy (non-hydrogen) atoms. The smallest absolute Gasteiger partial charge is 0.274 e. The molecule has 0 amide bonds. The molecule has 0 saturated carbocycles. The molecule has 1 heterocycles. The molecule has 1 aromatic heterocycles. The molecule has 1 aromatic carbocycles. The van der Waals surface area contributed by atoms with E-state index in [0.29, 0.717) is 18.1 Å². The fourth-order valence-electron chi connectivity index (χ4n) is 1.68. The molecule has 0 spiro atoms. The lowest BCUT2D eigenvalue weighted by atomic mass is 10.2. The second-order valence-electron chi connectivity index (χ2n) is 3.73. The van der Waals surface area contributed by atoms with Crippen molar-refractivity contribution in [2.45, 2.75) is 13.5 Å². The largest absolute Gasteiger partial charge is 0.369 e. The summed E-state index contributed by atoms with van der Waals surface area (Å²) in [5.74, 6) is 0.362. The number of aryl methyl sites for hydroxylation is 1. The van der Waals surface area contributed by atoms with Gasteiger partial charge in [0.05, 0.1) is 17.7 Å². The highest BCUT2D eigenvalue weighted by atomic mass is 16.6. The van der Waals surface area contributed by atoms with E-state index in [4.69, 9.17) is 5.73 Å². The number of anilines is 1. The Hall–Kier alpha value is -2.37. The number of nitrogens with two attached hydrogens (primary N) is 1. The second kappa shape index (κ2) is 4.25. The van der Waals surface area contributed by atoms with Gasteiger partial charge in [-0.05, 0) is 6.92 Å². The maximum Gasteiger partial charge on any atom is 0.274 e. The SMILES string of the molecule is Cc1cnc(N)n1Cc1ccccc1[N+](=O)[O-]. The van der Waals surface area contributed by atoms with E-state index < -0.39 is 4.92 Å². The minimum atomic E-state index is -0.391. The Balaban J connectivity index is 2.40. The Kier molecular flexibility index (Phi) is 2.78. The molecule has 0 bridgehead atoms. The van der Waals surface area contributed by atoms with Gasteiger partial charge in [0.25, 0.3) is 5.69 Å². The first kappa shape index (κ1) is 11.1. The molecule has 6 nitrogen and oxygen atoms in total. The maximum atomic E-state index is 10.9. The Morgan fingerprint density at radius 2 is 2.18 bits per heavy atom. The Morgan fingerprint density at radius 3 is 2.76 bits per heavy atom. The maximum absolute atomic E-state index is 10.9. The summed E-state index contributed by atoms with van der Waals surface area (Å²) in [6, 6.07) is 6.62. The average Bonchev–Trinajstić information content (AvgIpc) is 2.61. The van der Waals surface area contributed by atoms with Gasteiger partial charge in [-0.2, -0.15) is 0 Å². The van der Waals surface area contributed by atoms with Crippen LogP contribution in [0, 0.1) is 17.0 Å². The number of nitrogens with zero attached hydrogens (tertiary/aromatic N) is 3. The zero-order valence-electron chi connectivity index (χ0n) is 9.33. The van der Waals surface area contributed by atoms with Crippen molar-refractivity contribution < 1.29 is 4.92 Å². The van der Waals surface area contributed by atoms with E-state index in [9.17, 15) is 10.1 Å². The number of imidazole rings is 1. The van der Waals surface area contributed by atoms with Crippen molar-refractivity contribution in [1.82, 2.24) is 9.55 Å². The van der Waals surface area contributed by atoms with Gasteiger partial charge >= 0.3 is 0 Å². The van der Waals surface area contributed by atoms with Crippen molar-refractivity contribution in [1.29, 1.82) is 0 Å². The van der Waals surface area contributed by atoms with Crippen molar-refractivity contribution in [2.24, 2.45) is 0 Å². The minimum Gasteiger partial charge on any atom is -0.369 e. The van der Waals surface area contributed by atoms with E-state index in [0.717, 1.165) is 5.69 Å². The molecular weight excluding hydrogens is 220 g/mol. The molecule has 0 saturated heterocycles. The summed E-state index contributed by atoms with van der Waals surface area (Å²) in [5, 5.41) is 10.9. The van der Waals surface area contributed by atoms with Crippen molar-refractivity contribution in [3.05, 3.63) is 51.8 Å². The number of nitro benzene ring substituents is 1. The van der Waals surface area contributed by atoms with Crippen LogP contribution in [0.15, 0.2) is 30.5 Å². The number of hydrogen-bond acceptors (Lipinski definition) is 4. The quantitative estimate of drug-likeness (QED) is 0.644. The highest BCUT2D eigenvalue weighted by Gasteiger charge is 2.14. The van der Waals surface area contributed by atoms with Gasteiger partial charge in [-0.15, -0.1) is 0 Å². The molecule has 0 unspecified atom stereocenters. The van der Waals surface area contributed by atoms with Crippen LogP contribution in [-0.2, 0) is 6.54 Å². The van der Waals surface area contributed by atoms with E-state index in [-0.39, 0.29) is 5.69 Å². The molecule has 0 atom stereocenters. The van der Waals surface area contributed by atoms with Gasteiger partial charge in [0, 0.05) is 17.3 Å². The van der Waals surface area contributed by atoms with E-state index >= 15 is 0 Å². The van der Waals surface area contributed by atoms with Crippen LogP contribution in [0.4, 0.5) is 11.6 Å². The highest BCUT2D eigenvalue weighted by molar-refractivity contribution is 5.41. The third kappa shape index (κ3) is 2.10. The molecule has 0 radical (unpaired) electrons. The number of rotatable bonds is 3. The van der Waals surface area contributed by atoms with Gasteiger partial charge in [-0.1, -0.05) is 18.2 Å². The van der Waals surface area contributed by atoms with Gasteiger partial charge in [-0.25, -0.2) is 4.98 Å². The lowest BCUT2D eigenvalue weighted by Gasteiger charge is -2.07. The molecule has 6 heteroatoms. The van der Waals surface area contributed by atoms with Crippen LogP contribution in [-0.4, -0.2) is 14.5 Å². The summed E-state index contributed by atoms with van der Waals surface area (Å²) in [6.45, 7) is 2.22. The first-order valence-corrected chi connectivity index (χ1v) is 5.09. The van der Waals surface area contributed by atoms with Crippen LogP contribution in [0.25, 0.3) is 0 Å². The number of benzene rings is 1. The molecule has 2 rings (SSSR count). The van der Waals surface area contributed by atoms with Gasteiger partial charge < -0.3 is 10.3 Å². The van der Waals surface area contributed by atoms with Crippen LogP contribution in [0.5, 0.6) is 0 Å². The van der Waals surface area contributed by atoms with Crippen molar-refractivity contribution in [3.8, 4) is 0 Å². The number of hydrogen-bond donors (Lipinski definition) is 1. The van der Waals surface area contributed by atoms with Crippen molar-refractivity contribution in [3.63, 3.8) is 0 Å². The topological polar surface area (TPSA) is 87.0 Å². The molecule has 0 aliphatic carbocycles. The zero-order chi connectivity index (χ0) is 12.4. The molecular formula is C11H12N4O2.